The standard InChI is InChI=1S/C20H30N2O3/c1-20(2,3)25-19(23)22-12-10-21(11-13-22)18-7-5-6-15-8-9-16(24-4)14-17(15)18/h8-9,14,18H,5-7,10-13H2,1-4H3. The molecule has 0 radical (unpaired) electrons. The van der Waals surface area contributed by atoms with E-state index >= 15 is 0 Å². The molecule has 0 bridgehead atoms. The number of aryl methyl sites for hydroxylation is 1. The molecule has 1 aromatic carbocycles. The largest absolute Gasteiger partial charge is 0.497 e. The second-order valence-corrected chi connectivity index (χ2v) is 7.98. The third-order valence-corrected chi connectivity index (χ3v) is 5.04. The van der Waals surface area contributed by atoms with E-state index in [0.717, 1.165) is 38.3 Å². The van der Waals surface area contributed by atoms with E-state index in [0.29, 0.717) is 6.04 Å². The first kappa shape index (κ1) is 18.1. The van der Waals surface area contributed by atoms with Crippen LogP contribution in [0.3, 0.4) is 0 Å². The lowest BCUT2D eigenvalue weighted by atomic mass is 9.86. The number of amides is 1. The van der Waals surface area contributed by atoms with Gasteiger partial charge in [-0.2, -0.15) is 0 Å². The fraction of sp³-hybridized carbons (Fsp3) is 0.650. The number of ether oxygens (including phenoxy) is 2. The number of benzene rings is 1. The topological polar surface area (TPSA) is 42.0 Å². The van der Waals surface area contributed by atoms with Crippen molar-refractivity contribution >= 4 is 6.09 Å². The number of carbonyl (C=O) groups is 1. The molecule has 1 saturated heterocycles. The maximum atomic E-state index is 12.2. The first-order valence-electron chi connectivity index (χ1n) is 9.26. The molecule has 1 amide bonds. The van der Waals surface area contributed by atoms with Crippen molar-refractivity contribution in [2.24, 2.45) is 0 Å². The van der Waals surface area contributed by atoms with Gasteiger partial charge in [-0.1, -0.05) is 6.07 Å². The third-order valence-electron chi connectivity index (χ3n) is 5.04. The number of carbonyl (C=O) groups excluding carboxylic acids is 1. The fourth-order valence-electron chi connectivity index (χ4n) is 3.80. The number of hydrogen-bond donors (Lipinski definition) is 0. The van der Waals surface area contributed by atoms with E-state index < -0.39 is 5.60 Å². The van der Waals surface area contributed by atoms with Crippen LogP contribution in [-0.4, -0.2) is 54.8 Å². The summed E-state index contributed by atoms with van der Waals surface area (Å²) in [5.41, 5.74) is 2.40. The molecule has 0 spiro atoms. The van der Waals surface area contributed by atoms with Gasteiger partial charge in [-0.3, -0.25) is 4.90 Å². The molecular weight excluding hydrogens is 316 g/mol. The minimum absolute atomic E-state index is 0.196. The molecule has 1 unspecified atom stereocenters. The third kappa shape index (κ3) is 4.27. The predicted octanol–water partition coefficient (Wildman–Crippen LogP) is 3.63. The van der Waals surface area contributed by atoms with Crippen LogP contribution in [0.5, 0.6) is 5.75 Å². The summed E-state index contributed by atoms with van der Waals surface area (Å²) in [6.45, 7) is 8.96. The van der Waals surface area contributed by atoms with Crippen molar-refractivity contribution in [3.05, 3.63) is 29.3 Å². The van der Waals surface area contributed by atoms with Crippen LogP contribution in [0, 0.1) is 0 Å². The number of hydrogen-bond acceptors (Lipinski definition) is 4. The number of rotatable bonds is 2. The van der Waals surface area contributed by atoms with Crippen molar-refractivity contribution < 1.29 is 14.3 Å². The van der Waals surface area contributed by atoms with Crippen molar-refractivity contribution in [2.75, 3.05) is 33.3 Å². The zero-order chi connectivity index (χ0) is 18.0. The van der Waals surface area contributed by atoms with Gasteiger partial charge in [-0.25, -0.2) is 4.79 Å². The average molecular weight is 346 g/mol. The number of piperazine rings is 1. The molecular formula is C20H30N2O3. The molecule has 25 heavy (non-hydrogen) atoms. The highest BCUT2D eigenvalue weighted by atomic mass is 16.6. The van der Waals surface area contributed by atoms with Gasteiger partial charge in [0.2, 0.25) is 0 Å². The molecule has 2 aliphatic rings. The molecule has 1 fully saturated rings. The van der Waals surface area contributed by atoms with Crippen LogP contribution in [0.2, 0.25) is 0 Å². The monoisotopic (exact) mass is 346 g/mol. The van der Waals surface area contributed by atoms with Crippen molar-refractivity contribution in [3.63, 3.8) is 0 Å². The van der Waals surface area contributed by atoms with Crippen LogP contribution in [0.15, 0.2) is 18.2 Å². The second kappa shape index (κ2) is 7.24. The first-order chi connectivity index (χ1) is 11.9. The fourth-order valence-corrected chi connectivity index (χ4v) is 3.80. The Morgan fingerprint density at radius 2 is 1.88 bits per heavy atom. The highest BCUT2D eigenvalue weighted by Crippen LogP contribution is 2.36. The van der Waals surface area contributed by atoms with Gasteiger partial charge in [-0.15, -0.1) is 0 Å². The summed E-state index contributed by atoms with van der Waals surface area (Å²) in [7, 11) is 1.72. The van der Waals surface area contributed by atoms with Crippen molar-refractivity contribution in [1.29, 1.82) is 0 Å². The van der Waals surface area contributed by atoms with Gasteiger partial charge in [0.05, 0.1) is 7.11 Å². The SMILES string of the molecule is COc1ccc2c(c1)C(N1CCN(C(=O)OC(C)(C)C)CC1)CCC2. The lowest BCUT2D eigenvalue weighted by Gasteiger charge is -2.41. The number of fused-ring (bicyclic) bond motifs is 1. The van der Waals surface area contributed by atoms with Crippen LogP contribution < -0.4 is 4.74 Å². The normalized spacial score (nSPS) is 21.6. The zero-order valence-corrected chi connectivity index (χ0v) is 15.9. The van der Waals surface area contributed by atoms with E-state index in [-0.39, 0.29) is 6.09 Å². The van der Waals surface area contributed by atoms with Crippen LogP contribution >= 0.6 is 0 Å². The van der Waals surface area contributed by atoms with E-state index in [4.69, 9.17) is 9.47 Å². The molecule has 5 heteroatoms. The summed E-state index contributed by atoms with van der Waals surface area (Å²) >= 11 is 0. The first-order valence-corrected chi connectivity index (χ1v) is 9.26. The zero-order valence-electron chi connectivity index (χ0n) is 15.9. The molecule has 0 saturated carbocycles. The maximum absolute atomic E-state index is 12.2. The van der Waals surface area contributed by atoms with Crippen molar-refractivity contribution in [1.82, 2.24) is 9.80 Å². The summed E-state index contributed by atoms with van der Waals surface area (Å²) in [5, 5.41) is 0. The molecule has 1 atom stereocenters. The lowest BCUT2D eigenvalue weighted by molar-refractivity contribution is 0.00926. The minimum atomic E-state index is -0.437. The minimum Gasteiger partial charge on any atom is -0.497 e. The Bertz CT molecular complexity index is 616. The van der Waals surface area contributed by atoms with Crippen molar-refractivity contribution in [2.45, 2.75) is 51.7 Å². The van der Waals surface area contributed by atoms with E-state index in [2.05, 4.69) is 23.1 Å². The highest BCUT2D eigenvalue weighted by Gasteiger charge is 2.31. The van der Waals surface area contributed by atoms with Gasteiger partial charge in [0, 0.05) is 32.2 Å². The summed E-state index contributed by atoms with van der Waals surface area (Å²) in [6, 6.07) is 6.89. The molecule has 1 aliphatic carbocycles. The van der Waals surface area contributed by atoms with Crippen LogP contribution in [0.4, 0.5) is 4.79 Å². The van der Waals surface area contributed by atoms with Crippen molar-refractivity contribution in [3.8, 4) is 5.75 Å². The summed E-state index contributed by atoms with van der Waals surface area (Å²) < 4.78 is 10.9. The van der Waals surface area contributed by atoms with E-state index in [9.17, 15) is 4.79 Å². The number of methoxy groups -OCH3 is 1. The molecule has 1 aromatic rings. The summed E-state index contributed by atoms with van der Waals surface area (Å²) in [6.07, 6.45) is 3.34. The molecule has 0 aromatic heterocycles. The lowest BCUT2D eigenvalue weighted by Crippen LogP contribution is -2.51. The second-order valence-electron chi connectivity index (χ2n) is 7.98. The molecule has 1 heterocycles. The number of nitrogens with zero attached hydrogens (tertiary/aromatic N) is 2. The van der Waals surface area contributed by atoms with Gasteiger partial charge in [0.25, 0.3) is 0 Å². The Morgan fingerprint density at radius 1 is 1.16 bits per heavy atom. The smallest absolute Gasteiger partial charge is 0.410 e. The Hall–Kier alpha value is -1.75. The maximum Gasteiger partial charge on any atom is 0.410 e. The highest BCUT2D eigenvalue weighted by molar-refractivity contribution is 5.68. The summed E-state index contributed by atoms with van der Waals surface area (Å²) in [4.78, 5) is 16.6. The van der Waals surface area contributed by atoms with Gasteiger partial charge in [-0.05, 0) is 63.3 Å². The Labute approximate surface area is 150 Å². The quantitative estimate of drug-likeness (QED) is 0.820. The molecule has 138 valence electrons. The summed E-state index contributed by atoms with van der Waals surface area (Å²) in [5.74, 6) is 0.929. The van der Waals surface area contributed by atoms with Gasteiger partial charge in [0.15, 0.2) is 0 Å². The van der Waals surface area contributed by atoms with E-state index in [1.54, 1.807) is 7.11 Å². The average Bonchev–Trinajstić information content (AvgIpc) is 2.59. The molecule has 1 aliphatic heterocycles. The predicted molar refractivity (Wildman–Crippen MR) is 98.1 cm³/mol. The Balaban J connectivity index is 1.65. The van der Waals surface area contributed by atoms with Gasteiger partial charge >= 0.3 is 6.09 Å². The Kier molecular flexibility index (Phi) is 5.23. The molecule has 3 rings (SSSR count). The van der Waals surface area contributed by atoms with E-state index in [1.807, 2.05) is 25.7 Å². The molecule has 0 N–H and O–H groups in total. The van der Waals surface area contributed by atoms with Crippen LogP contribution in [-0.2, 0) is 11.2 Å². The molecule has 5 nitrogen and oxygen atoms in total. The Morgan fingerprint density at radius 3 is 2.52 bits per heavy atom. The van der Waals surface area contributed by atoms with Crippen LogP contribution in [0.1, 0.15) is 50.8 Å². The van der Waals surface area contributed by atoms with Gasteiger partial charge < -0.3 is 14.4 Å². The van der Waals surface area contributed by atoms with E-state index in [1.165, 1.54) is 24.0 Å². The van der Waals surface area contributed by atoms with Gasteiger partial charge in [0.1, 0.15) is 11.4 Å². The van der Waals surface area contributed by atoms with Crippen LogP contribution in [0.25, 0.3) is 0 Å².